The Labute approximate surface area is 193 Å². The van der Waals surface area contributed by atoms with Crippen molar-refractivity contribution in [1.82, 2.24) is 19.7 Å². The number of aromatic hydroxyl groups is 1. The van der Waals surface area contributed by atoms with Crippen molar-refractivity contribution in [2.75, 3.05) is 24.6 Å². The third-order valence-electron chi connectivity index (χ3n) is 5.12. The average molecular weight is 497 g/mol. The van der Waals surface area contributed by atoms with Crippen LogP contribution in [0, 0.1) is 0 Å². The Kier molecular flexibility index (Phi) is 6.17. The molecule has 10 nitrogen and oxygen atoms in total. The van der Waals surface area contributed by atoms with Crippen LogP contribution in [0.4, 0.5) is 19.0 Å². The number of pyridine rings is 1. The number of alkyl halides is 3. The summed E-state index contributed by atoms with van der Waals surface area (Å²) in [7, 11) is 0. The molecule has 0 bridgehead atoms. The lowest BCUT2D eigenvalue weighted by Gasteiger charge is -2.27. The fraction of sp³-hybridized carbons (Fsp3) is 0.350. The second-order valence-electron chi connectivity index (χ2n) is 7.27. The van der Waals surface area contributed by atoms with Crippen molar-refractivity contribution in [1.29, 1.82) is 0 Å². The lowest BCUT2D eigenvalue weighted by molar-refractivity contribution is -0.142. The molecule has 0 unspecified atom stereocenters. The number of anilines is 1. The number of nitrogens with one attached hydrogen (secondary N) is 1. The van der Waals surface area contributed by atoms with Gasteiger partial charge in [-0.2, -0.15) is 18.2 Å². The zero-order chi connectivity index (χ0) is 24.6. The highest BCUT2D eigenvalue weighted by molar-refractivity contribution is 7.17. The summed E-state index contributed by atoms with van der Waals surface area (Å²) < 4.78 is 44.3. The summed E-state index contributed by atoms with van der Waals surface area (Å²) in [6, 6.07) is 2.23. The summed E-state index contributed by atoms with van der Waals surface area (Å²) in [4.78, 5) is 47.4. The number of carbonyl (C=O) groups excluding carboxylic acids is 2. The van der Waals surface area contributed by atoms with Crippen LogP contribution in [-0.2, 0) is 28.7 Å². The van der Waals surface area contributed by atoms with E-state index in [1.54, 1.807) is 11.8 Å². The maximum absolute atomic E-state index is 13.0. The molecule has 0 atom stereocenters. The summed E-state index contributed by atoms with van der Waals surface area (Å²) in [6.45, 7) is 1.85. The number of fused-ring (bicyclic) bond motifs is 3. The first kappa shape index (κ1) is 23.5. The molecular formula is C20H18F3N5O5S. The minimum absolute atomic E-state index is 0.121. The zero-order valence-electron chi connectivity index (χ0n) is 17.7. The molecule has 0 radical (unpaired) electrons. The fourth-order valence-electron chi connectivity index (χ4n) is 3.55. The summed E-state index contributed by atoms with van der Waals surface area (Å²) in [6.07, 6.45) is -3.39. The van der Waals surface area contributed by atoms with Gasteiger partial charge in [0.05, 0.1) is 18.7 Å². The number of halogens is 3. The second kappa shape index (κ2) is 8.93. The number of esters is 1. The Morgan fingerprint density at radius 3 is 2.74 bits per heavy atom. The van der Waals surface area contributed by atoms with E-state index in [0.717, 1.165) is 23.6 Å². The van der Waals surface area contributed by atoms with Gasteiger partial charge in [0.15, 0.2) is 5.56 Å². The van der Waals surface area contributed by atoms with E-state index in [-0.39, 0.29) is 18.1 Å². The highest BCUT2D eigenvalue weighted by atomic mass is 32.1. The van der Waals surface area contributed by atoms with E-state index in [0.29, 0.717) is 29.4 Å². The van der Waals surface area contributed by atoms with Gasteiger partial charge in [-0.1, -0.05) is 11.3 Å². The van der Waals surface area contributed by atoms with Crippen molar-refractivity contribution in [2.24, 2.45) is 0 Å². The van der Waals surface area contributed by atoms with E-state index in [1.165, 1.54) is 10.5 Å². The number of hydrogen-bond donors (Lipinski definition) is 2. The molecule has 0 fully saturated rings. The van der Waals surface area contributed by atoms with Crippen molar-refractivity contribution in [3.8, 4) is 5.88 Å². The Morgan fingerprint density at radius 1 is 1.32 bits per heavy atom. The zero-order valence-corrected chi connectivity index (χ0v) is 18.5. The lowest BCUT2D eigenvalue weighted by Crippen LogP contribution is -2.36. The quantitative estimate of drug-likeness (QED) is 0.511. The predicted molar refractivity (Wildman–Crippen MR) is 114 cm³/mol. The van der Waals surface area contributed by atoms with Crippen molar-refractivity contribution >= 4 is 34.0 Å². The Morgan fingerprint density at radius 2 is 2.09 bits per heavy atom. The monoisotopic (exact) mass is 497 g/mol. The minimum Gasteiger partial charge on any atom is -0.492 e. The van der Waals surface area contributed by atoms with E-state index < -0.39 is 47.2 Å². The maximum atomic E-state index is 13.0. The smallest absolute Gasteiger partial charge is 0.417 e. The molecule has 3 aromatic heterocycles. The second-order valence-corrected chi connectivity index (χ2v) is 8.33. The Bertz CT molecular complexity index is 1320. The molecule has 4 heterocycles. The first-order valence-electron chi connectivity index (χ1n) is 10.1. The molecule has 14 heteroatoms. The van der Waals surface area contributed by atoms with Gasteiger partial charge < -0.3 is 20.1 Å². The van der Waals surface area contributed by atoms with Crippen LogP contribution in [-0.4, -0.2) is 51.0 Å². The van der Waals surface area contributed by atoms with E-state index in [2.05, 4.69) is 15.3 Å². The van der Waals surface area contributed by atoms with Crippen molar-refractivity contribution in [2.45, 2.75) is 26.1 Å². The normalized spacial score (nSPS) is 13.6. The van der Waals surface area contributed by atoms with Gasteiger partial charge in [0.25, 0.3) is 11.5 Å². The van der Waals surface area contributed by atoms with Crippen LogP contribution in [0.3, 0.4) is 0 Å². The molecule has 0 saturated carbocycles. The number of carbonyl (C=O) groups is 2. The highest BCUT2D eigenvalue weighted by Gasteiger charge is 2.32. The van der Waals surface area contributed by atoms with Gasteiger partial charge >= 0.3 is 12.1 Å². The summed E-state index contributed by atoms with van der Waals surface area (Å²) in [5.41, 5.74) is -1.66. The number of aromatic nitrogens is 3. The summed E-state index contributed by atoms with van der Waals surface area (Å²) in [5.74, 6) is -2.09. The molecule has 0 aromatic carbocycles. The molecule has 1 aliphatic rings. The van der Waals surface area contributed by atoms with E-state index in [4.69, 9.17) is 4.74 Å². The topological polar surface area (TPSA) is 126 Å². The Hall–Kier alpha value is -3.68. The molecular weight excluding hydrogens is 479 g/mol. The van der Waals surface area contributed by atoms with Crippen LogP contribution in [0.2, 0.25) is 0 Å². The van der Waals surface area contributed by atoms with Crippen LogP contribution >= 0.6 is 11.3 Å². The number of rotatable bonds is 5. The maximum Gasteiger partial charge on any atom is 0.417 e. The van der Waals surface area contributed by atoms with Crippen LogP contribution in [0.15, 0.2) is 23.1 Å². The van der Waals surface area contributed by atoms with Gasteiger partial charge in [-0.3, -0.25) is 18.8 Å². The largest absolute Gasteiger partial charge is 0.492 e. The van der Waals surface area contributed by atoms with Crippen molar-refractivity contribution in [3.05, 3.63) is 50.4 Å². The molecule has 0 spiro atoms. The van der Waals surface area contributed by atoms with Gasteiger partial charge in [-0.05, 0) is 19.1 Å². The average Bonchev–Trinajstić information content (AvgIpc) is 3.14. The number of thiazole rings is 1. The number of amides is 1. The highest BCUT2D eigenvalue weighted by Crippen LogP contribution is 2.32. The van der Waals surface area contributed by atoms with Crippen molar-refractivity contribution in [3.63, 3.8) is 0 Å². The van der Waals surface area contributed by atoms with Gasteiger partial charge in [0, 0.05) is 29.7 Å². The van der Waals surface area contributed by atoms with Crippen LogP contribution < -0.4 is 15.8 Å². The van der Waals surface area contributed by atoms with Gasteiger partial charge in [-0.25, -0.2) is 4.98 Å². The third kappa shape index (κ3) is 4.40. The Balaban J connectivity index is 1.61. The van der Waals surface area contributed by atoms with Crippen molar-refractivity contribution < 1.29 is 32.6 Å². The van der Waals surface area contributed by atoms with Gasteiger partial charge in [-0.15, -0.1) is 0 Å². The minimum atomic E-state index is -4.48. The first-order valence-corrected chi connectivity index (χ1v) is 10.9. The predicted octanol–water partition coefficient (Wildman–Crippen LogP) is 1.73. The first-order chi connectivity index (χ1) is 16.1. The molecule has 180 valence electrons. The van der Waals surface area contributed by atoms with Crippen LogP contribution in [0.5, 0.6) is 5.88 Å². The molecule has 2 N–H and O–H groups in total. The summed E-state index contributed by atoms with van der Waals surface area (Å²) >= 11 is 1.12. The summed E-state index contributed by atoms with van der Waals surface area (Å²) in [5, 5.41) is 12.4. The van der Waals surface area contributed by atoms with E-state index >= 15 is 0 Å². The number of nitrogens with zero attached hydrogens (tertiary/aromatic N) is 4. The molecule has 0 saturated heterocycles. The third-order valence-corrected chi connectivity index (χ3v) is 6.19. The lowest BCUT2D eigenvalue weighted by atomic mass is 10.1. The van der Waals surface area contributed by atoms with E-state index in [1.807, 2.05) is 0 Å². The number of hydrogen-bond acceptors (Lipinski definition) is 9. The molecule has 3 aromatic rings. The molecule has 34 heavy (non-hydrogen) atoms. The van der Waals surface area contributed by atoms with Gasteiger partial charge in [0.2, 0.25) is 10.8 Å². The van der Waals surface area contributed by atoms with Crippen LogP contribution in [0.1, 0.15) is 33.4 Å². The van der Waals surface area contributed by atoms with E-state index in [9.17, 15) is 32.7 Å². The van der Waals surface area contributed by atoms with Crippen LogP contribution in [0.25, 0.3) is 4.96 Å². The van der Waals surface area contributed by atoms with Gasteiger partial charge in [0.1, 0.15) is 12.4 Å². The molecule has 1 aliphatic heterocycles. The molecule has 0 aliphatic carbocycles. The fourth-order valence-corrected chi connectivity index (χ4v) is 4.72. The number of ether oxygens (including phenoxy) is 1. The SMILES string of the molecule is CCOC(=O)CNC(=O)c1c(O)nc2sc3c(n2c1=O)CCN(c1ccc(C(F)(F)F)cn1)C3. The molecule has 1 amide bonds. The molecule has 4 rings (SSSR count). The standard InChI is InChI=1S/C20H18F3N5O5S/c1-2-33-14(29)8-25-16(30)15-17(31)26-19-28(18(15)32)11-5-6-27(9-12(11)34-19)13-4-3-10(7-24-13)20(21,22)23/h3-4,7,31H,2,5-6,8-9H2,1H3,(H,25,30).